The van der Waals surface area contributed by atoms with E-state index in [4.69, 9.17) is 9.47 Å². The van der Waals surface area contributed by atoms with Crippen LogP contribution in [0.5, 0.6) is 11.5 Å². The third-order valence-corrected chi connectivity index (χ3v) is 6.27. The van der Waals surface area contributed by atoms with E-state index in [9.17, 15) is 8.42 Å². The molecule has 29 heavy (non-hydrogen) atoms. The molecule has 154 valence electrons. The SMILES string of the molecule is CCCCCCOc1ccc(-c2nccn2S(=O)(=O)c2ccccc2)cc1OC. The predicted molar refractivity (Wildman–Crippen MR) is 113 cm³/mol. The van der Waals surface area contributed by atoms with Gasteiger partial charge in [0.15, 0.2) is 17.3 Å². The monoisotopic (exact) mass is 414 g/mol. The van der Waals surface area contributed by atoms with Crippen molar-refractivity contribution in [1.82, 2.24) is 8.96 Å². The molecule has 0 aliphatic rings. The molecule has 0 saturated heterocycles. The summed E-state index contributed by atoms with van der Waals surface area (Å²) in [4.78, 5) is 4.47. The molecular formula is C22H26N2O4S. The molecule has 7 heteroatoms. The molecule has 0 N–H and O–H groups in total. The van der Waals surface area contributed by atoms with E-state index in [1.54, 1.807) is 55.6 Å². The molecule has 0 radical (unpaired) electrons. The number of methoxy groups -OCH3 is 1. The highest BCUT2D eigenvalue weighted by Gasteiger charge is 2.21. The fourth-order valence-corrected chi connectivity index (χ4v) is 4.35. The van der Waals surface area contributed by atoms with E-state index in [1.807, 2.05) is 0 Å². The summed E-state index contributed by atoms with van der Waals surface area (Å²) in [6.45, 7) is 2.79. The van der Waals surface area contributed by atoms with Crippen LogP contribution in [0, 0.1) is 0 Å². The van der Waals surface area contributed by atoms with Crippen LogP contribution in [0.4, 0.5) is 0 Å². The zero-order valence-electron chi connectivity index (χ0n) is 16.7. The summed E-state index contributed by atoms with van der Waals surface area (Å²) in [7, 11) is -2.18. The summed E-state index contributed by atoms with van der Waals surface area (Å²) in [5.74, 6) is 1.50. The van der Waals surface area contributed by atoms with Gasteiger partial charge in [0.2, 0.25) is 0 Å². The summed E-state index contributed by atoms with van der Waals surface area (Å²) in [5.41, 5.74) is 0.629. The molecule has 1 heterocycles. The van der Waals surface area contributed by atoms with E-state index in [0.717, 1.165) is 12.8 Å². The van der Waals surface area contributed by atoms with Crippen molar-refractivity contribution in [3.8, 4) is 22.9 Å². The number of benzene rings is 2. The summed E-state index contributed by atoms with van der Waals surface area (Å²) >= 11 is 0. The molecule has 0 atom stereocenters. The first kappa shape index (κ1) is 20.9. The Kier molecular flexibility index (Phi) is 6.93. The second kappa shape index (κ2) is 9.60. The standard InChI is InChI=1S/C22H26N2O4S/c1-3-4-5-9-16-28-20-13-12-18(17-21(20)27-2)22-23-14-15-24(22)29(25,26)19-10-7-6-8-11-19/h6-8,10-15,17H,3-5,9,16H2,1-2H3. The smallest absolute Gasteiger partial charge is 0.269 e. The Morgan fingerprint density at radius 1 is 1.00 bits per heavy atom. The molecule has 0 unspecified atom stereocenters. The average molecular weight is 415 g/mol. The Bertz CT molecular complexity index is 1030. The van der Waals surface area contributed by atoms with Crippen molar-refractivity contribution < 1.29 is 17.9 Å². The number of unbranched alkanes of at least 4 members (excludes halogenated alkanes) is 3. The first-order valence-corrected chi connectivity index (χ1v) is 11.2. The maximum absolute atomic E-state index is 13.0. The Morgan fingerprint density at radius 2 is 1.79 bits per heavy atom. The Morgan fingerprint density at radius 3 is 2.52 bits per heavy atom. The minimum Gasteiger partial charge on any atom is -0.493 e. The predicted octanol–water partition coefficient (Wildman–Crippen LogP) is 4.75. The van der Waals surface area contributed by atoms with Crippen molar-refractivity contribution in [2.45, 2.75) is 37.5 Å². The second-order valence-electron chi connectivity index (χ2n) is 6.64. The van der Waals surface area contributed by atoms with Gasteiger partial charge < -0.3 is 9.47 Å². The zero-order chi connectivity index (χ0) is 20.7. The maximum Gasteiger partial charge on any atom is 0.269 e. The third-order valence-electron chi connectivity index (χ3n) is 4.58. The average Bonchev–Trinajstić information content (AvgIpc) is 3.25. The van der Waals surface area contributed by atoms with Crippen LogP contribution in [0.2, 0.25) is 0 Å². The first-order valence-electron chi connectivity index (χ1n) is 9.73. The van der Waals surface area contributed by atoms with Crippen molar-refractivity contribution in [3.63, 3.8) is 0 Å². The van der Waals surface area contributed by atoms with Gasteiger partial charge in [0.1, 0.15) is 0 Å². The third kappa shape index (κ3) is 4.79. The molecule has 6 nitrogen and oxygen atoms in total. The Balaban J connectivity index is 1.86. The van der Waals surface area contributed by atoms with Gasteiger partial charge in [-0.3, -0.25) is 0 Å². The lowest BCUT2D eigenvalue weighted by Gasteiger charge is -2.13. The zero-order valence-corrected chi connectivity index (χ0v) is 17.6. The van der Waals surface area contributed by atoms with Gasteiger partial charge in [-0.25, -0.2) is 17.4 Å². The molecule has 0 fully saturated rings. The summed E-state index contributed by atoms with van der Waals surface area (Å²) < 4.78 is 38.5. The lowest BCUT2D eigenvalue weighted by Crippen LogP contribution is -2.13. The van der Waals surface area contributed by atoms with Crippen molar-refractivity contribution >= 4 is 10.0 Å². The molecule has 1 aromatic heterocycles. The lowest BCUT2D eigenvalue weighted by molar-refractivity contribution is 0.285. The molecule has 3 rings (SSSR count). The Labute approximate surface area is 172 Å². The second-order valence-corrected chi connectivity index (χ2v) is 8.45. The van der Waals surface area contributed by atoms with Crippen LogP contribution in [-0.2, 0) is 10.0 Å². The van der Waals surface area contributed by atoms with Crippen molar-refractivity contribution in [2.24, 2.45) is 0 Å². The molecule has 0 amide bonds. The van der Waals surface area contributed by atoms with Gasteiger partial charge >= 0.3 is 0 Å². The molecule has 0 spiro atoms. The molecule has 2 aromatic carbocycles. The van der Waals surface area contributed by atoms with Crippen LogP contribution < -0.4 is 9.47 Å². The van der Waals surface area contributed by atoms with Gasteiger partial charge in [0, 0.05) is 18.0 Å². The summed E-state index contributed by atoms with van der Waals surface area (Å²) in [6.07, 6.45) is 7.40. The van der Waals surface area contributed by atoms with Crippen LogP contribution in [0.3, 0.4) is 0 Å². The topological polar surface area (TPSA) is 70.4 Å². The van der Waals surface area contributed by atoms with Gasteiger partial charge in [-0.15, -0.1) is 0 Å². The van der Waals surface area contributed by atoms with Gasteiger partial charge in [0.05, 0.1) is 18.6 Å². The molecule has 0 saturated carbocycles. The number of rotatable bonds is 10. The lowest BCUT2D eigenvalue weighted by atomic mass is 10.2. The number of nitrogens with zero attached hydrogens (tertiary/aromatic N) is 2. The highest BCUT2D eigenvalue weighted by molar-refractivity contribution is 7.90. The number of hydrogen-bond donors (Lipinski definition) is 0. The summed E-state index contributed by atoms with van der Waals surface area (Å²) in [6, 6.07) is 13.6. The largest absolute Gasteiger partial charge is 0.493 e. The number of aromatic nitrogens is 2. The Hall–Kier alpha value is -2.80. The van der Waals surface area contributed by atoms with Crippen LogP contribution in [0.15, 0.2) is 65.8 Å². The minimum absolute atomic E-state index is 0.207. The molecule has 0 aliphatic heterocycles. The van der Waals surface area contributed by atoms with E-state index in [0.29, 0.717) is 29.5 Å². The summed E-state index contributed by atoms with van der Waals surface area (Å²) in [5, 5.41) is 0. The van der Waals surface area contributed by atoms with Crippen molar-refractivity contribution in [1.29, 1.82) is 0 Å². The van der Waals surface area contributed by atoms with E-state index in [1.165, 1.54) is 29.2 Å². The quantitative estimate of drug-likeness (QED) is 0.448. The van der Waals surface area contributed by atoms with E-state index < -0.39 is 10.0 Å². The van der Waals surface area contributed by atoms with Crippen LogP contribution in [-0.4, -0.2) is 31.1 Å². The number of imidazole rings is 1. The van der Waals surface area contributed by atoms with E-state index in [2.05, 4.69) is 11.9 Å². The number of hydrogen-bond acceptors (Lipinski definition) is 5. The fraction of sp³-hybridized carbons (Fsp3) is 0.318. The fourth-order valence-electron chi connectivity index (χ4n) is 3.03. The van der Waals surface area contributed by atoms with E-state index in [-0.39, 0.29) is 4.90 Å². The van der Waals surface area contributed by atoms with Crippen molar-refractivity contribution in [3.05, 3.63) is 60.9 Å². The molecule has 0 aliphatic carbocycles. The maximum atomic E-state index is 13.0. The van der Waals surface area contributed by atoms with E-state index >= 15 is 0 Å². The minimum atomic E-state index is -3.75. The first-order chi connectivity index (χ1) is 14.1. The highest BCUT2D eigenvalue weighted by atomic mass is 32.2. The van der Waals surface area contributed by atoms with Gasteiger partial charge in [-0.1, -0.05) is 44.4 Å². The normalized spacial score (nSPS) is 11.4. The molecule has 3 aromatic rings. The highest BCUT2D eigenvalue weighted by Crippen LogP contribution is 2.33. The molecule has 0 bridgehead atoms. The number of ether oxygens (including phenoxy) is 2. The van der Waals surface area contributed by atoms with Gasteiger partial charge in [-0.05, 0) is 36.8 Å². The molecular weight excluding hydrogens is 388 g/mol. The van der Waals surface area contributed by atoms with Crippen LogP contribution in [0.1, 0.15) is 32.6 Å². The van der Waals surface area contributed by atoms with Crippen molar-refractivity contribution in [2.75, 3.05) is 13.7 Å². The van der Waals surface area contributed by atoms with Gasteiger partial charge in [0.25, 0.3) is 10.0 Å². The van der Waals surface area contributed by atoms with Gasteiger partial charge in [-0.2, -0.15) is 0 Å². The van der Waals surface area contributed by atoms with Crippen LogP contribution in [0.25, 0.3) is 11.4 Å². The van der Waals surface area contributed by atoms with Crippen LogP contribution >= 0.6 is 0 Å².